The van der Waals surface area contributed by atoms with E-state index >= 15 is 0 Å². The minimum Gasteiger partial charge on any atom is -0.493 e. The first-order chi connectivity index (χ1) is 8.22. The van der Waals surface area contributed by atoms with E-state index in [1.165, 1.54) is 18.4 Å². The van der Waals surface area contributed by atoms with E-state index in [-0.39, 0.29) is 5.82 Å². The van der Waals surface area contributed by atoms with E-state index in [9.17, 15) is 4.39 Å². The van der Waals surface area contributed by atoms with Crippen LogP contribution in [0.5, 0.6) is 5.75 Å². The Morgan fingerprint density at radius 3 is 3.00 bits per heavy atom. The molecule has 1 aliphatic rings. The molecule has 17 heavy (non-hydrogen) atoms. The molecule has 2 rings (SSSR count). The average molecular weight is 236 g/mol. The molecule has 2 heteroatoms. The van der Waals surface area contributed by atoms with Crippen LogP contribution in [0.4, 0.5) is 4.39 Å². The zero-order chi connectivity index (χ0) is 12.3. The molecule has 0 amide bonds. The zero-order valence-corrected chi connectivity index (χ0v) is 10.8. The molecule has 1 aromatic rings. The summed E-state index contributed by atoms with van der Waals surface area (Å²) >= 11 is 0. The standard InChI is InChI=1S/C15H21FO/c1-3-11(2)5-4-6-12-7-8-14(16)13-9-10-17-15(12)13/h7-8,11H,3-6,9-10H2,1-2H3. The molecular weight excluding hydrogens is 215 g/mol. The third-order valence-corrected chi connectivity index (χ3v) is 3.72. The normalized spacial score (nSPS) is 15.5. The maximum Gasteiger partial charge on any atom is 0.130 e. The lowest BCUT2D eigenvalue weighted by Gasteiger charge is -2.10. The fourth-order valence-corrected chi connectivity index (χ4v) is 2.36. The molecule has 1 atom stereocenters. The van der Waals surface area contributed by atoms with Gasteiger partial charge in [0, 0.05) is 12.0 Å². The number of fused-ring (bicyclic) bond motifs is 1. The number of hydrogen-bond acceptors (Lipinski definition) is 1. The second-order valence-corrected chi connectivity index (χ2v) is 5.02. The van der Waals surface area contributed by atoms with E-state index in [0.717, 1.165) is 36.5 Å². The van der Waals surface area contributed by atoms with Gasteiger partial charge in [-0.05, 0) is 30.4 Å². The van der Waals surface area contributed by atoms with Gasteiger partial charge in [0.05, 0.1) is 6.61 Å². The van der Waals surface area contributed by atoms with Gasteiger partial charge in [-0.25, -0.2) is 4.39 Å². The van der Waals surface area contributed by atoms with Gasteiger partial charge in [-0.1, -0.05) is 32.8 Å². The molecule has 0 saturated heterocycles. The van der Waals surface area contributed by atoms with E-state index in [1.807, 2.05) is 6.07 Å². The van der Waals surface area contributed by atoms with Crippen molar-refractivity contribution in [2.75, 3.05) is 6.61 Å². The van der Waals surface area contributed by atoms with Crippen LogP contribution in [0.15, 0.2) is 12.1 Å². The molecule has 0 saturated carbocycles. The summed E-state index contributed by atoms with van der Waals surface area (Å²) in [6.45, 7) is 5.14. The highest BCUT2D eigenvalue weighted by atomic mass is 19.1. The lowest BCUT2D eigenvalue weighted by molar-refractivity contribution is 0.352. The highest BCUT2D eigenvalue weighted by Crippen LogP contribution is 2.32. The summed E-state index contributed by atoms with van der Waals surface area (Å²) < 4.78 is 19.1. The summed E-state index contributed by atoms with van der Waals surface area (Å²) in [6.07, 6.45) is 5.37. The highest BCUT2D eigenvalue weighted by molar-refractivity contribution is 5.44. The average Bonchev–Trinajstić information content (AvgIpc) is 2.82. The van der Waals surface area contributed by atoms with Crippen molar-refractivity contribution < 1.29 is 9.13 Å². The number of halogens is 1. The van der Waals surface area contributed by atoms with Gasteiger partial charge < -0.3 is 4.74 Å². The van der Waals surface area contributed by atoms with Crippen molar-refractivity contribution in [3.8, 4) is 5.75 Å². The third kappa shape index (κ3) is 2.80. The maximum atomic E-state index is 13.5. The molecule has 1 unspecified atom stereocenters. The van der Waals surface area contributed by atoms with Crippen molar-refractivity contribution in [2.45, 2.75) is 46.0 Å². The van der Waals surface area contributed by atoms with Crippen LogP contribution in [0.3, 0.4) is 0 Å². The summed E-state index contributed by atoms with van der Waals surface area (Å²) in [5, 5.41) is 0. The zero-order valence-electron chi connectivity index (χ0n) is 10.8. The van der Waals surface area contributed by atoms with E-state index in [1.54, 1.807) is 6.07 Å². The largest absolute Gasteiger partial charge is 0.493 e. The van der Waals surface area contributed by atoms with E-state index < -0.39 is 0 Å². The Bertz CT molecular complexity index is 387. The first kappa shape index (κ1) is 12.4. The maximum absolute atomic E-state index is 13.5. The molecule has 1 heterocycles. The van der Waals surface area contributed by atoms with Crippen LogP contribution in [0.2, 0.25) is 0 Å². The Kier molecular flexibility index (Phi) is 4.03. The first-order valence-corrected chi connectivity index (χ1v) is 6.65. The van der Waals surface area contributed by atoms with Crippen LogP contribution in [0.1, 0.15) is 44.2 Å². The van der Waals surface area contributed by atoms with E-state index in [0.29, 0.717) is 6.61 Å². The van der Waals surface area contributed by atoms with Crippen molar-refractivity contribution in [3.05, 3.63) is 29.1 Å². The Labute approximate surface area is 103 Å². The van der Waals surface area contributed by atoms with Gasteiger partial charge in [0.25, 0.3) is 0 Å². The quantitative estimate of drug-likeness (QED) is 0.747. The van der Waals surface area contributed by atoms with Gasteiger partial charge in [0.2, 0.25) is 0 Å². The number of ether oxygens (including phenoxy) is 1. The second kappa shape index (κ2) is 5.52. The fraction of sp³-hybridized carbons (Fsp3) is 0.600. The van der Waals surface area contributed by atoms with Crippen molar-refractivity contribution in [3.63, 3.8) is 0 Å². The smallest absolute Gasteiger partial charge is 0.130 e. The molecule has 94 valence electrons. The number of rotatable bonds is 5. The summed E-state index contributed by atoms with van der Waals surface area (Å²) in [5.74, 6) is 1.50. The van der Waals surface area contributed by atoms with Gasteiger partial charge in [0.15, 0.2) is 0 Å². The molecule has 0 radical (unpaired) electrons. The topological polar surface area (TPSA) is 9.23 Å². The number of aryl methyl sites for hydroxylation is 1. The van der Waals surface area contributed by atoms with E-state index in [2.05, 4.69) is 13.8 Å². The van der Waals surface area contributed by atoms with Crippen molar-refractivity contribution >= 4 is 0 Å². The van der Waals surface area contributed by atoms with Gasteiger partial charge in [-0.15, -0.1) is 0 Å². The highest BCUT2D eigenvalue weighted by Gasteiger charge is 2.19. The number of hydrogen-bond donors (Lipinski definition) is 0. The minimum absolute atomic E-state index is 0.108. The van der Waals surface area contributed by atoms with Crippen LogP contribution in [0.25, 0.3) is 0 Å². The molecule has 0 fully saturated rings. The van der Waals surface area contributed by atoms with Gasteiger partial charge in [0.1, 0.15) is 11.6 Å². The van der Waals surface area contributed by atoms with Crippen LogP contribution in [-0.2, 0) is 12.8 Å². The Balaban J connectivity index is 2.00. The third-order valence-electron chi connectivity index (χ3n) is 3.72. The second-order valence-electron chi connectivity index (χ2n) is 5.02. The lowest BCUT2D eigenvalue weighted by atomic mass is 9.97. The number of benzene rings is 1. The molecule has 1 aliphatic heterocycles. The first-order valence-electron chi connectivity index (χ1n) is 6.65. The minimum atomic E-state index is -0.108. The van der Waals surface area contributed by atoms with Crippen molar-refractivity contribution in [1.82, 2.24) is 0 Å². The summed E-state index contributed by atoms with van der Waals surface area (Å²) in [7, 11) is 0. The van der Waals surface area contributed by atoms with Crippen molar-refractivity contribution in [2.24, 2.45) is 5.92 Å². The molecule has 0 aliphatic carbocycles. The summed E-state index contributed by atoms with van der Waals surface area (Å²) in [5.41, 5.74) is 1.97. The molecule has 0 N–H and O–H groups in total. The predicted octanol–water partition coefficient (Wildman–Crippen LogP) is 4.13. The molecular formula is C15H21FO. The van der Waals surface area contributed by atoms with Crippen LogP contribution in [-0.4, -0.2) is 6.61 Å². The molecule has 1 aromatic carbocycles. The van der Waals surface area contributed by atoms with Gasteiger partial charge in [-0.3, -0.25) is 0 Å². The molecule has 0 bridgehead atoms. The predicted molar refractivity (Wildman–Crippen MR) is 68.0 cm³/mol. The fourth-order valence-electron chi connectivity index (χ4n) is 2.36. The molecule has 0 spiro atoms. The Hall–Kier alpha value is -1.05. The van der Waals surface area contributed by atoms with Crippen LogP contribution in [0, 0.1) is 11.7 Å². The SMILES string of the molecule is CCC(C)CCCc1ccc(F)c2c1OCC2. The monoisotopic (exact) mass is 236 g/mol. The van der Waals surface area contributed by atoms with Crippen LogP contribution >= 0.6 is 0 Å². The van der Waals surface area contributed by atoms with Gasteiger partial charge in [-0.2, -0.15) is 0 Å². The van der Waals surface area contributed by atoms with Gasteiger partial charge >= 0.3 is 0 Å². The molecule has 1 nitrogen and oxygen atoms in total. The van der Waals surface area contributed by atoms with Crippen LogP contribution < -0.4 is 4.74 Å². The Morgan fingerprint density at radius 1 is 1.41 bits per heavy atom. The summed E-state index contributed by atoms with van der Waals surface area (Å²) in [4.78, 5) is 0. The Morgan fingerprint density at radius 2 is 2.24 bits per heavy atom. The lowest BCUT2D eigenvalue weighted by Crippen LogP contribution is -1.97. The van der Waals surface area contributed by atoms with E-state index in [4.69, 9.17) is 4.74 Å². The summed E-state index contributed by atoms with van der Waals surface area (Å²) in [6, 6.07) is 3.47. The molecule has 0 aromatic heterocycles. The van der Waals surface area contributed by atoms with Crippen molar-refractivity contribution in [1.29, 1.82) is 0 Å².